The molecule has 0 unspecified atom stereocenters. The van der Waals surface area contributed by atoms with E-state index in [0.29, 0.717) is 45.1 Å². The van der Waals surface area contributed by atoms with Gasteiger partial charge in [-0.3, -0.25) is 4.98 Å². The molecule has 0 saturated heterocycles. The molecule has 0 aliphatic carbocycles. The first-order valence-corrected chi connectivity index (χ1v) is 10.3. The standard InChI is InChI=1S/C24H22F2N6O/c1-14-9-17(11-18(29-14)22(25)26)20-21(16-6-4-5-15(10-16)12-27)31-32-8-7-19(30-23(20)32)28-13-24(2,3)33/h4-11,22,33H,13H2,1-3H3,(H,28,30). The van der Waals surface area contributed by atoms with Crippen molar-refractivity contribution < 1.29 is 13.9 Å². The normalized spacial score (nSPS) is 11.7. The van der Waals surface area contributed by atoms with Crippen molar-refractivity contribution >= 4 is 11.5 Å². The summed E-state index contributed by atoms with van der Waals surface area (Å²) in [6.45, 7) is 5.27. The van der Waals surface area contributed by atoms with Crippen molar-refractivity contribution in [3.05, 3.63) is 65.6 Å². The SMILES string of the molecule is Cc1cc(-c2c(-c3cccc(C#N)c3)nn3ccc(NCC(C)(C)O)nc23)cc(C(F)F)n1. The van der Waals surface area contributed by atoms with Gasteiger partial charge in [-0.2, -0.15) is 10.4 Å². The lowest BCUT2D eigenvalue weighted by atomic mass is 9.99. The number of halogens is 2. The Hall–Kier alpha value is -3.90. The van der Waals surface area contributed by atoms with Crippen LogP contribution in [0.1, 0.15) is 37.2 Å². The molecule has 0 atom stereocenters. The van der Waals surface area contributed by atoms with Crippen LogP contribution in [0.3, 0.4) is 0 Å². The fraction of sp³-hybridized carbons (Fsp3) is 0.250. The van der Waals surface area contributed by atoms with Gasteiger partial charge in [-0.25, -0.2) is 18.3 Å². The molecule has 4 aromatic rings. The fourth-order valence-corrected chi connectivity index (χ4v) is 3.49. The summed E-state index contributed by atoms with van der Waals surface area (Å²) < 4.78 is 28.6. The lowest BCUT2D eigenvalue weighted by molar-refractivity contribution is 0.0944. The second-order valence-corrected chi connectivity index (χ2v) is 8.39. The van der Waals surface area contributed by atoms with Gasteiger partial charge >= 0.3 is 0 Å². The van der Waals surface area contributed by atoms with Crippen LogP contribution >= 0.6 is 0 Å². The summed E-state index contributed by atoms with van der Waals surface area (Å²) in [6.07, 6.45) is -1.02. The van der Waals surface area contributed by atoms with Crippen LogP contribution in [0.4, 0.5) is 14.6 Å². The Bertz CT molecular complexity index is 1370. The highest BCUT2D eigenvalue weighted by molar-refractivity contribution is 5.91. The fourth-order valence-electron chi connectivity index (χ4n) is 3.49. The Morgan fingerprint density at radius 2 is 1.94 bits per heavy atom. The van der Waals surface area contributed by atoms with Crippen LogP contribution in [-0.2, 0) is 0 Å². The van der Waals surface area contributed by atoms with Crippen molar-refractivity contribution in [3.8, 4) is 28.5 Å². The Labute approximate surface area is 189 Å². The molecule has 33 heavy (non-hydrogen) atoms. The highest BCUT2D eigenvalue weighted by atomic mass is 19.3. The lowest BCUT2D eigenvalue weighted by Gasteiger charge is -2.18. The summed E-state index contributed by atoms with van der Waals surface area (Å²) in [5.74, 6) is 0.503. The molecule has 0 aliphatic rings. The van der Waals surface area contributed by atoms with Crippen molar-refractivity contribution in [1.29, 1.82) is 5.26 Å². The molecular weight excluding hydrogens is 426 g/mol. The third-order valence-corrected chi connectivity index (χ3v) is 4.94. The largest absolute Gasteiger partial charge is 0.389 e. The molecule has 3 aromatic heterocycles. The number of rotatable bonds is 6. The Balaban J connectivity index is 1.96. The van der Waals surface area contributed by atoms with Gasteiger partial charge in [-0.05, 0) is 56.7 Å². The van der Waals surface area contributed by atoms with Crippen molar-refractivity contribution in [2.24, 2.45) is 0 Å². The van der Waals surface area contributed by atoms with Crippen LogP contribution in [0.25, 0.3) is 28.0 Å². The minimum atomic E-state index is -2.73. The summed E-state index contributed by atoms with van der Waals surface area (Å²) >= 11 is 0. The predicted molar refractivity (Wildman–Crippen MR) is 121 cm³/mol. The van der Waals surface area contributed by atoms with E-state index in [1.54, 1.807) is 61.8 Å². The number of pyridine rings is 1. The molecule has 0 spiro atoms. The summed E-state index contributed by atoms with van der Waals surface area (Å²) in [4.78, 5) is 8.60. The second kappa shape index (κ2) is 8.56. The van der Waals surface area contributed by atoms with E-state index in [4.69, 9.17) is 0 Å². The zero-order valence-electron chi connectivity index (χ0n) is 18.3. The summed E-state index contributed by atoms with van der Waals surface area (Å²) in [7, 11) is 0. The molecule has 3 heterocycles. The number of nitriles is 1. The maximum atomic E-state index is 13.5. The monoisotopic (exact) mass is 448 g/mol. The number of aliphatic hydroxyl groups is 1. The van der Waals surface area contributed by atoms with E-state index < -0.39 is 12.0 Å². The quantitative estimate of drug-likeness (QED) is 0.441. The first kappa shape index (κ1) is 22.3. The average Bonchev–Trinajstić information content (AvgIpc) is 3.15. The first-order valence-electron chi connectivity index (χ1n) is 10.3. The highest BCUT2D eigenvalue weighted by Gasteiger charge is 2.21. The lowest BCUT2D eigenvalue weighted by Crippen LogP contribution is -2.29. The van der Waals surface area contributed by atoms with Crippen LogP contribution in [0.2, 0.25) is 0 Å². The van der Waals surface area contributed by atoms with Crippen molar-refractivity contribution in [3.63, 3.8) is 0 Å². The van der Waals surface area contributed by atoms with Gasteiger partial charge in [0, 0.05) is 24.0 Å². The van der Waals surface area contributed by atoms with E-state index in [9.17, 15) is 19.1 Å². The summed E-state index contributed by atoms with van der Waals surface area (Å²) in [5, 5.41) is 27.1. The maximum Gasteiger partial charge on any atom is 0.280 e. The van der Waals surface area contributed by atoms with Gasteiger partial charge < -0.3 is 10.4 Å². The van der Waals surface area contributed by atoms with E-state index in [-0.39, 0.29) is 12.2 Å². The van der Waals surface area contributed by atoms with Crippen LogP contribution in [-0.4, -0.2) is 36.8 Å². The van der Waals surface area contributed by atoms with Crippen LogP contribution in [0.5, 0.6) is 0 Å². The molecule has 0 bridgehead atoms. The number of hydrogen-bond acceptors (Lipinski definition) is 6. The van der Waals surface area contributed by atoms with E-state index in [0.717, 1.165) is 0 Å². The van der Waals surface area contributed by atoms with Gasteiger partial charge in [0.2, 0.25) is 0 Å². The number of alkyl halides is 2. The van der Waals surface area contributed by atoms with Gasteiger partial charge in [-0.1, -0.05) is 12.1 Å². The number of nitrogens with one attached hydrogen (secondary N) is 1. The Morgan fingerprint density at radius 1 is 1.15 bits per heavy atom. The predicted octanol–water partition coefficient (Wildman–Crippen LogP) is 4.76. The minimum absolute atomic E-state index is 0.264. The topological polar surface area (TPSA) is 99.1 Å². The third kappa shape index (κ3) is 4.81. The molecule has 9 heteroatoms. The first-order chi connectivity index (χ1) is 15.6. The summed E-state index contributed by atoms with van der Waals surface area (Å²) in [6, 6.07) is 13.8. The molecule has 2 N–H and O–H groups in total. The molecule has 7 nitrogen and oxygen atoms in total. The highest BCUT2D eigenvalue weighted by Crippen LogP contribution is 2.36. The number of fused-ring (bicyclic) bond motifs is 1. The van der Waals surface area contributed by atoms with E-state index >= 15 is 0 Å². The van der Waals surface area contributed by atoms with E-state index in [1.807, 2.05) is 6.07 Å². The average molecular weight is 448 g/mol. The molecule has 168 valence electrons. The number of benzene rings is 1. The number of hydrogen-bond donors (Lipinski definition) is 2. The smallest absolute Gasteiger partial charge is 0.280 e. The minimum Gasteiger partial charge on any atom is -0.389 e. The van der Waals surface area contributed by atoms with Crippen LogP contribution < -0.4 is 5.32 Å². The second-order valence-electron chi connectivity index (χ2n) is 8.39. The van der Waals surface area contributed by atoms with Crippen molar-refractivity contribution in [1.82, 2.24) is 19.6 Å². The van der Waals surface area contributed by atoms with Gasteiger partial charge in [0.1, 0.15) is 17.2 Å². The molecule has 4 rings (SSSR count). The van der Waals surface area contributed by atoms with Gasteiger partial charge in [-0.15, -0.1) is 0 Å². The number of anilines is 1. The van der Waals surface area contributed by atoms with Gasteiger partial charge in [0.05, 0.1) is 22.8 Å². The molecule has 0 radical (unpaired) electrons. The third-order valence-electron chi connectivity index (χ3n) is 4.94. The Morgan fingerprint density at radius 3 is 2.64 bits per heavy atom. The van der Waals surface area contributed by atoms with Crippen LogP contribution in [0, 0.1) is 18.3 Å². The zero-order chi connectivity index (χ0) is 23.8. The molecule has 0 amide bonds. The molecule has 0 fully saturated rings. The number of aromatic nitrogens is 4. The summed E-state index contributed by atoms with van der Waals surface area (Å²) in [5.41, 5.74) is 2.26. The van der Waals surface area contributed by atoms with E-state index in [1.165, 1.54) is 6.07 Å². The van der Waals surface area contributed by atoms with Gasteiger partial charge in [0.25, 0.3) is 6.43 Å². The maximum absolute atomic E-state index is 13.5. The van der Waals surface area contributed by atoms with Gasteiger partial charge in [0.15, 0.2) is 5.65 Å². The van der Waals surface area contributed by atoms with Crippen molar-refractivity contribution in [2.75, 3.05) is 11.9 Å². The zero-order valence-corrected chi connectivity index (χ0v) is 18.3. The van der Waals surface area contributed by atoms with Crippen molar-refractivity contribution in [2.45, 2.75) is 32.8 Å². The van der Waals surface area contributed by atoms with Crippen LogP contribution in [0.15, 0.2) is 48.7 Å². The number of aryl methyl sites for hydroxylation is 1. The Kier molecular flexibility index (Phi) is 5.78. The molecule has 1 aromatic carbocycles. The molecular formula is C24H22F2N6O. The molecule has 0 saturated carbocycles. The molecule has 0 aliphatic heterocycles. The number of nitrogens with zero attached hydrogens (tertiary/aromatic N) is 5. The van der Waals surface area contributed by atoms with E-state index in [2.05, 4.69) is 26.5 Å².